The zero-order chi connectivity index (χ0) is 21.4. The van der Waals surface area contributed by atoms with Crippen LogP contribution in [0.15, 0.2) is 12.2 Å². The molecule has 0 radical (unpaired) electrons. The Morgan fingerprint density at radius 3 is 1.76 bits per heavy atom. The van der Waals surface area contributed by atoms with Crippen LogP contribution in [0.5, 0.6) is 0 Å². The second-order valence-electron chi connectivity index (χ2n) is 3.76. The molecule has 3 atom stereocenters. The van der Waals surface area contributed by atoms with E-state index in [4.69, 9.17) is 32.7 Å². The van der Waals surface area contributed by atoms with Gasteiger partial charge in [0.05, 0.1) is 0 Å². The van der Waals surface area contributed by atoms with E-state index in [1.807, 2.05) is 6.08 Å². The average molecular weight is 520 g/mol. The van der Waals surface area contributed by atoms with E-state index in [2.05, 4.69) is 46.3 Å². The van der Waals surface area contributed by atoms with Gasteiger partial charge in [0.1, 0.15) is 0 Å². The first kappa shape index (κ1) is 34.7. The van der Waals surface area contributed by atoms with Gasteiger partial charge in [0.15, 0.2) is 0 Å². The van der Waals surface area contributed by atoms with Gasteiger partial charge in [-0.15, -0.1) is 0 Å². The monoisotopic (exact) mass is 520 g/mol. The number of allylic oxidation sites excluding steroid dienone is 1. The summed E-state index contributed by atoms with van der Waals surface area (Å²) in [6.45, 7) is 26.1. The number of hydrogen-bond acceptors (Lipinski definition) is 3. The number of esters is 1. The van der Waals surface area contributed by atoms with Gasteiger partial charge < -0.3 is 0 Å². The van der Waals surface area contributed by atoms with Crippen LogP contribution in [0.4, 0.5) is 0 Å². The summed E-state index contributed by atoms with van der Waals surface area (Å²) in [4.78, 5) is 11.0. The predicted octanol–water partition coefficient (Wildman–Crippen LogP) is 1.27. The second-order valence-corrected chi connectivity index (χ2v) is 5.21. The molecule has 0 fully saturated rings. The van der Waals surface area contributed by atoms with E-state index in [9.17, 15) is 4.79 Å². The van der Waals surface area contributed by atoms with Gasteiger partial charge >= 0.3 is 158 Å². The third-order valence-electron chi connectivity index (χ3n) is 2.58. The van der Waals surface area contributed by atoms with Crippen molar-refractivity contribution in [1.82, 2.24) is 0 Å². The minimum absolute atomic E-state index is 0.154. The van der Waals surface area contributed by atoms with E-state index >= 15 is 0 Å². The average Bonchev–Trinajstić information content (AvgIpc) is 2.69. The van der Waals surface area contributed by atoms with Gasteiger partial charge in [0.25, 0.3) is 0 Å². The molecule has 0 heterocycles. The van der Waals surface area contributed by atoms with Gasteiger partial charge in [0.2, 0.25) is 0 Å². The quantitative estimate of drug-likeness (QED) is 0.240. The number of rotatable bonds is 3. The van der Waals surface area contributed by atoms with E-state index in [0.717, 1.165) is 10.5 Å². The fraction of sp³-hybridized carbons (Fsp3) is 0.438. The fourth-order valence-corrected chi connectivity index (χ4v) is 3.14. The molecule has 1 rings (SSSR count). The Morgan fingerprint density at radius 1 is 1.04 bits per heavy atom. The number of ether oxygens (including phenoxy) is 2. The maximum absolute atomic E-state index is 11.0. The van der Waals surface area contributed by atoms with Gasteiger partial charge in [0, 0.05) is 0 Å². The van der Waals surface area contributed by atoms with Crippen molar-refractivity contribution in [3.05, 3.63) is 45.4 Å². The maximum atomic E-state index is 11.0. The summed E-state index contributed by atoms with van der Waals surface area (Å²) in [6.07, 6.45) is 4.91. The molecule has 8 nitrogen and oxygen atoms in total. The molecular weight excluding hydrogens is 504 g/mol. The Bertz CT molecular complexity index is 438. The third-order valence-corrected chi connectivity index (χ3v) is 4.15. The van der Waals surface area contributed by atoms with Gasteiger partial charge in [-0.05, 0) is 0 Å². The summed E-state index contributed by atoms with van der Waals surface area (Å²) in [5, 5.41) is 0. The predicted molar refractivity (Wildman–Crippen MR) is 73.6 cm³/mol. The zero-order valence-electron chi connectivity index (χ0n) is 13.8. The van der Waals surface area contributed by atoms with Crippen molar-refractivity contribution >= 4 is 10.1 Å². The summed E-state index contributed by atoms with van der Waals surface area (Å²) < 4.78 is 49.1. The Kier molecular flexibility index (Phi) is 42.1. The number of hydrogen-bond donors (Lipinski definition) is 0. The number of carbonyl (C=O) groups excluding carboxylic acids is 1. The van der Waals surface area contributed by atoms with Crippen LogP contribution < -0.4 is 0 Å². The van der Waals surface area contributed by atoms with Crippen molar-refractivity contribution in [2.45, 2.75) is 26.4 Å². The molecule has 1 aliphatic carbocycles. The Balaban J connectivity index is -0.000000114. The second kappa shape index (κ2) is 30.3. The molecule has 0 N–H and O–H groups in total. The molecule has 0 aromatic carbocycles. The molecule has 0 bridgehead atoms. The van der Waals surface area contributed by atoms with Gasteiger partial charge in [-0.25, -0.2) is 0 Å². The molecule has 0 aromatic heterocycles. The van der Waals surface area contributed by atoms with E-state index in [-0.39, 0.29) is 18.0 Å². The van der Waals surface area contributed by atoms with Crippen LogP contribution in [0, 0.1) is 45.1 Å². The Hall–Kier alpha value is -1.57. The van der Waals surface area contributed by atoms with E-state index < -0.39 is 0 Å². The summed E-state index contributed by atoms with van der Waals surface area (Å²) in [5.41, 5.74) is 0. The summed E-state index contributed by atoms with van der Waals surface area (Å²) in [6, 6.07) is 0. The van der Waals surface area contributed by atoms with Crippen molar-refractivity contribution in [2.75, 3.05) is 7.11 Å². The molecule has 9 heteroatoms. The van der Waals surface area contributed by atoms with Crippen molar-refractivity contribution in [1.29, 1.82) is 0 Å². The van der Waals surface area contributed by atoms with Crippen molar-refractivity contribution < 1.29 is 56.9 Å². The molecule has 0 saturated carbocycles. The molecule has 25 heavy (non-hydrogen) atoms. The normalized spacial score (nSPS) is 18.4. The molecule has 134 valence electrons. The van der Waals surface area contributed by atoms with E-state index in [1.54, 1.807) is 7.11 Å². The summed E-state index contributed by atoms with van der Waals surface area (Å²) >= 11 is 1.30. The van der Waals surface area contributed by atoms with Gasteiger partial charge in [-0.3, -0.25) is 0 Å². The van der Waals surface area contributed by atoms with Crippen LogP contribution in [0.2, 0.25) is 0 Å². The van der Waals surface area contributed by atoms with E-state index in [1.165, 1.54) is 26.3 Å². The van der Waals surface area contributed by atoms with Crippen LogP contribution in [0.3, 0.4) is 0 Å². The van der Waals surface area contributed by atoms with Crippen LogP contribution >= 0.6 is 0 Å². The molecule has 0 amide bonds. The van der Waals surface area contributed by atoms with Crippen LogP contribution in [0.25, 0.3) is 0 Å². The third kappa shape index (κ3) is 18.6. The minimum atomic E-state index is -0.234. The fourth-order valence-electron chi connectivity index (χ4n) is 1.82. The Labute approximate surface area is 157 Å². The SMILES string of the molecule is CO[C](=[W])[C@@H]1[C@@H](C)CC=C[C@H]1OC(C)=O.[C-]#[O+].[C-]#[O+].[C-]#[O+].[C-]#[O+].[C-]#[O+]. The van der Waals surface area contributed by atoms with Crippen molar-refractivity contribution in [3.63, 3.8) is 0 Å². The zero-order valence-corrected chi connectivity index (χ0v) is 16.7. The molecule has 0 aromatic rings. The molecule has 0 aliphatic heterocycles. The number of methoxy groups -OCH3 is 1. The topological polar surface area (TPSA) is 135 Å². The van der Waals surface area contributed by atoms with E-state index in [0.29, 0.717) is 5.92 Å². The first-order valence-corrected chi connectivity index (χ1v) is 7.46. The standard InChI is InChI=1S/C11H16O3.5CO.W/c1-8-5-4-6-11(14-9(2)12)10(8)7-13-3;5*1-2;/h4,6,8,10-11H,5H2,1-3H3;;;;;;/t8-,10+,11+;;;;;;/m0....../s1. The van der Waals surface area contributed by atoms with Crippen LogP contribution in [0.1, 0.15) is 20.3 Å². The number of carbonyl (C=O) groups is 1. The Morgan fingerprint density at radius 2 is 1.44 bits per heavy atom. The van der Waals surface area contributed by atoms with Gasteiger partial charge in [-0.2, -0.15) is 0 Å². The van der Waals surface area contributed by atoms with Crippen LogP contribution in [-0.2, 0) is 56.9 Å². The van der Waals surface area contributed by atoms with Gasteiger partial charge in [-0.1, -0.05) is 0 Å². The first-order valence-electron chi connectivity index (χ1n) is 6.00. The molecule has 0 unspecified atom stereocenters. The first-order chi connectivity index (χ1) is 12.1. The summed E-state index contributed by atoms with van der Waals surface area (Å²) in [5.74, 6) is 0.438. The molecular formula is C16H16O8W. The van der Waals surface area contributed by atoms with Crippen molar-refractivity contribution in [3.8, 4) is 0 Å². The van der Waals surface area contributed by atoms with Crippen LogP contribution in [-0.4, -0.2) is 23.3 Å². The molecule has 0 saturated heterocycles. The summed E-state index contributed by atoms with van der Waals surface area (Å²) in [7, 11) is 1.68. The van der Waals surface area contributed by atoms with Crippen molar-refractivity contribution in [2.24, 2.45) is 11.8 Å². The molecule has 0 spiro atoms. The molecule has 1 aliphatic rings.